The summed E-state index contributed by atoms with van der Waals surface area (Å²) in [7, 11) is 0. The first-order valence-corrected chi connectivity index (χ1v) is 6.83. The predicted molar refractivity (Wildman–Crippen MR) is 67.6 cm³/mol. The van der Waals surface area contributed by atoms with Gasteiger partial charge in [0.2, 0.25) is 0 Å². The summed E-state index contributed by atoms with van der Waals surface area (Å²) in [5.74, 6) is 2.43. The van der Waals surface area contributed by atoms with Crippen LogP contribution in [0, 0.1) is 6.92 Å². The first-order chi connectivity index (χ1) is 6.79. The van der Waals surface area contributed by atoms with Gasteiger partial charge in [-0.2, -0.15) is 11.8 Å². The fourth-order valence-electron chi connectivity index (χ4n) is 1.62. The van der Waals surface area contributed by atoms with Crippen LogP contribution in [0.15, 0.2) is 24.3 Å². The molecule has 0 aliphatic rings. The van der Waals surface area contributed by atoms with E-state index in [0.29, 0.717) is 5.92 Å². The highest BCUT2D eigenvalue weighted by Crippen LogP contribution is 2.25. The number of benzene rings is 1. The van der Waals surface area contributed by atoms with Gasteiger partial charge in [-0.05, 0) is 42.4 Å². The van der Waals surface area contributed by atoms with Crippen molar-refractivity contribution in [3.63, 3.8) is 0 Å². The molecule has 78 valence electrons. The second-order valence-electron chi connectivity index (χ2n) is 3.49. The number of halogens is 1. The predicted octanol–water partition coefficient (Wildman–Crippen LogP) is 4.07. The molecule has 0 N–H and O–H groups in total. The molecule has 0 radical (unpaired) electrons. The summed E-state index contributed by atoms with van der Waals surface area (Å²) < 4.78 is 0. The fraction of sp³-hybridized carbons (Fsp3) is 0.500. The quantitative estimate of drug-likeness (QED) is 0.685. The van der Waals surface area contributed by atoms with E-state index in [1.54, 1.807) is 0 Å². The molecule has 0 fully saturated rings. The Morgan fingerprint density at radius 1 is 1.36 bits per heavy atom. The van der Waals surface area contributed by atoms with Crippen LogP contribution in [-0.2, 0) is 0 Å². The highest BCUT2D eigenvalue weighted by Gasteiger charge is 2.11. The van der Waals surface area contributed by atoms with E-state index in [1.807, 2.05) is 11.8 Å². The Bertz CT molecular complexity index is 273. The van der Waals surface area contributed by atoms with Crippen molar-refractivity contribution < 1.29 is 0 Å². The van der Waals surface area contributed by atoms with Crippen molar-refractivity contribution in [2.45, 2.75) is 19.3 Å². The Hall–Kier alpha value is -0.140. The van der Waals surface area contributed by atoms with Crippen LogP contribution >= 0.6 is 23.4 Å². The Labute approximate surface area is 96.0 Å². The molecule has 0 aromatic heterocycles. The summed E-state index contributed by atoms with van der Waals surface area (Å²) in [6.45, 7) is 2.16. The van der Waals surface area contributed by atoms with Crippen LogP contribution in [-0.4, -0.2) is 17.9 Å². The van der Waals surface area contributed by atoms with Gasteiger partial charge in [0.1, 0.15) is 0 Å². The Balaban J connectivity index is 2.73. The molecule has 0 spiro atoms. The molecule has 1 aromatic rings. The Kier molecular flexibility index (Phi) is 5.42. The lowest BCUT2D eigenvalue weighted by molar-refractivity contribution is 0.742. The molecule has 0 amide bonds. The number of thioether (sulfide) groups is 1. The molecule has 0 saturated heterocycles. The van der Waals surface area contributed by atoms with Crippen LogP contribution in [0.4, 0.5) is 0 Å². The molecule has 0 saturated carbocycles. The van der Waals surface area contributed by atoms with E-state index in [2.05, 4.69) is 37.4 Å². The molecule has 0 aliphatic carbocycles. The number of hydrogen-bond donors (Lipinski definition) is 0. The van der Waals surface area contributed by atoms with Crippen molar-refractivity contribution in [3.8, 4) is 0 Å². The standard InChI is InChI=1S/C12H17ClS/c1-10-5-3-4-6-12(10)11(9-13)7-8-14-2/h3-6,11H,7-9H2,1-2H3. The lowest BCUT2D eigenvalue weighted by Gasteiger charge is -2.15. The lowest BCUT2D eigenvalue weighted by atomic mass is 9.94. The van der Waals surface area contributed by atoms with Gasteiger partial charge < -0.3 is 0 Å². The highest BCUT2D eigenvalue weighted by atomic mass is 35.5. The third-order valence-corrected chi connectivity index (χ3v) is 3.50. The topological polar surface area (TPSA) is 0 Å². The summed E-state index contributed by atoms with van der Waals surface area (Å²) >= 11 is 7.89. The van der Waals surface area contributed by atoms with Crippen LogP contribution in [0.5, 0.6) is 0 Å². The highest BCUT2D eigenvalue weighted by molar-refractivity contribution is 7.98. The van der Waals surface area contributed by atoms with Crippen LogP contribution in [0.2, 0.25) is 0 Å². The molecule has 1 aromatic carbocycles. The SMILES string of the molecule is CSCCC(CCl)c1ccccc1C. The van der Waals surface area contributed by atoms with E-state index in [1.165, 1.54) is 23.3 Å². The molecule has 1 unspecified atom stereocenters. The molecular weight excluding hydrogens is 212 g/mol. The molecule has 14 heavy (non-hydrogen) atoms. The van der Waals surface area contributed by atoms with E-state index in [-0.39, 0.29) is 0 Å². The molecule has 0 aliphatic heterocycles. The maximum atomic E-state index is 6.00. The van der Waals surface area contributed by atoms with Crippen LogP contribution < -0.4 is 0 Å². The average Bonchev–Trinajstić information content (AvgIpc) is 2.21. The zero-order valence-electron chi connectivity index (χ0n) is 8.79. The largest absolute Gasteiger partial charge is 0.165 e. The molecule has 1 rings (SSSR count). The number of alkyl halides is 1. The molecule has 0 bridgehead atoms. The maximum Gasteiger partial charge on any atom is 0.0292 e. The van der Waals surface area contributed by atoms with Crippen molar-refractivity contribution >= 4 is 23.4 Å². The number of rotatable bonds is 5. The van der Waals surface area contributed by atoms with E-state index in [9.17, 15) is 0 Å². The molecule has 0 nitrogen and oxygen atoms in total. The molecule has 0 heterocycles. The molecule has 2 heteroatoms. The smallest absolute Gasteiger partial charge is 0.0292 e. The minimum absolute atomic E-state index is 0.519. The monoisotopic (exact) mass is 228 g/mol. The third-order valence-electron chi connectivity index (χ3n) is 2.48. The third kappa shape index (κ3) is 3.21. The Morgan fingerprint density at radius 3 is 2.64 bits per heavy atom. The van der Waals surface area contributed by atoms with Gasteiger partial charge in [-0.15, -0.1) is 11.6 Å². The van der Waals surface area contributed by atoms with Gasteiger partial charge >= 0.3 is 0 Å². The van der Waals surface area contributed by atoms with Crippen LogP contribution in [0.3, 0.4) is 0 Å². The lowest BCUT2D eigenvalue weighted by Crippen LogP contribution is -2.04. The second kappa shape index (κ2) is 6.36. The minimum atomic E-state index is 0.519. The van der Waals surface area contributed by atoms with Crippen LogP contribution in [0.25, 0.3) is 0 Å². The minimum Gasteiger partial charge on any atom is -0.165 e. The first-order valence-electron chi connectivity index (χ1n) is 4.90. The zero-order chi connectivity index (χ0) is 10.4. The van der Waals surface area contributed by atoms with Gasteiger partial charge in [0.25, 0.3) is 0 Å². The normalized spacial score (nSPS) is 12.8. The maximum absolute atomic E-state index is 6.00. The molecule has 1 atom stereocenters. The van der Waals surface area contributed by atoms with Gasteiger partial charge in [0.05, 0.1) is 0 Å². The number of hydrogen-bond acceptors (Lipinski definition) is 1. The zero-order valence-corrected chi connectivity index (χ0v) is 10.4. The second-order valence-corrected chi connectivity index (χ2v) is 4.78. The summed E-state index contributed by atoms with van der Waals surface area (Å²) in [5.41, 5.74) is 2.77. The van der Waals surface area contributed by atoms with Crippen LogP contribution in [0.1, 0.15) is 23.5 Å². The van der Waals surface area contributed by atoms with Gasteiger partial charge in [-0.25, -0.2) is 0 Å². The van der Waals surface area contributed by atoms with Crippen molar-refractivity contribution in [1.29, 1.82) is 0 Å². The summed E-state index contributed by atoms with van der Waals surface area (Å²) in [6, 6.07) is 8.54. The number of aryl methyl sites for hydroxylation is 1. The van der Waals surface area contributed by atoms with Gasteiger partial charge in [-0.1, -0.05) is 24.3 Å². The molecular formula is C12H17ClS. The summed E-state index contributed by atoms with van der Waals surface area (Å²) in [6.07, 6.45) is 3.32. The van der Waals surface area contributed by atoms with Crippen molar-refractivity contribution in [2.75, 3.05) is 17.9 Å². The van der Waals surface area contributed by atoms with Crippen molar-refractivity contribution in [3.05, 3.63) is 35.4 Å². The van der Waals surface area contributed by atoms with Gasteiger partial charge in [-0.3, -0.25) is 0 Å². The van der Waals surface area contributed by atoms with Crippen molar-refractivity contribution in [2.24, 2.45) is 0 Å². The first kappa shape index (κ1) is 11.9. The van der Waals surface area contributed by atoms with Crippen molar-refractivity contribution in [1.82, 2.24) is 0 Å². The average molecular weight is 229 g/mol. The summed E-state index contributed by atoms with van der Waals surface area (Å²) in [4.78, 5) is 0. The Morgan fingerprint density at radius 2 is 2.07 bits per heavy atom. The van der Waals surface area contributed by atoms with E-state index >= 15 is 0 Å². The van der Waals surface area contributed by atoms with E-state index < -0.39 is 0 Å². The fourth-order valence-corrected chi connectivity index (χ4v) is 2.46. The van der Waals surface area contributed by atoms with E-state index in [0.717, 1.165) is 5.88 Å². The summed E-state index contributed by atoms with van der Waals surface area (Å²) in [5, 5.41) is 0. The van der Waals surface area contributed by atoms with E-state index in [4.69, 9.17) is 11.6 Å². The van der Waals surface area contributed by atoms with Gasteiger partial charge in [0, 0.05) is 5.88 Å². The van der Waals surface area contributed by atoms with Gasteiger partial charge in [0.15, 0.2) is 0 Å².